The first-order valence-corrected chi connectivity index (χ1v) is 8.23. The van der Waals surface area contributed by atoms with Gasteiger partial charge in [0.1, 0.15) is 12.1 Å². The van der Waals surface area contributed by atoms with Crippen LogP contribution in [0.4, 0.5) is 0 Å². The number of methoxy groups -OCH3 is 1. The lowest BCUT2D eigenvalue weighted by molar-refractivity contribution is -0.147. The number of hydrogen-bond donors (Lipinski definition) is 2. The van der Waals surface area contributed by atoms with Crippen LogP contribution in [-0.4, -0.2) is 42.6 Å². The predicted molar refractivity (Wildman–Crippen MR) is 88.6 cm³/mol. The Morgan fingerprint density at radius 1 is 1.33 bits per heavy atom. The van der Waals surface area contributed by atoms with Gasteiger partial charge in [-0.1, -0.05) is 18.2 Å². The lowest BCUT2D eigenvalue weighted by Crippen LogP contribution is -2.49. The molecule has 0 aliphatic carbocycles. The van der Waals surface area contributed by atoms with E-state index in [4.69, 9.17) is 14.2 Å². The van der Waals surface area contributed by atoms with E-state index in [0.717, 1.165) is 22.2 Å². The quantitative estimate of drug-likeness (QED) is 0.825. The van der Waals surface area contributed by atoms with Crippen molar-refractivity contribution in [1.82, 2.24) is 10.3 Å². The highest BCUT2D eigenvalue weighted by Crippen LogP contribution is 2.37. The van der Waals surface area contributed by atoms with E-state index in [1.807, 2.05) is 32.0 Å². The lowest BCUT2D eigenvalue weighted by atomic mass is 9.91. The minimum atomic E-state index is -0.614. The van der Waals surface area contributed by atoms with Crippen LogP contribution in [0.15, 0.2) is 24.3 Å². The van der Waals surface area contributed by atoms with Crippen LogP contribution in [0.25, 0.3) is 10.9 Å². The number of nitrogens with one attached hydrogen (secondary N) is 2. The molecule has 2 aromatic rings. The maximum absolute atomic E-state index is 12.2. The van der Waals surface area contributed by atoms with E-state index in [1.165, 1.54) is 7.11 Å². The molecule has 0 saturated carbocycles. The molecule has 2 N–H and O–H groups in total. The van der Waals surface area contributed by atoms with Crippen molar-refractivity contribution in [2.24, 2.45) is 0 Å². The van der Waals surface area contributed by atoms with Crippen LogP contribution in [0.5, 0.6) is 0 Å². The van der Waals surface area contributed by atoms with Gasteiger partial charge < -0.3 is 19.2 Å². The molecule has 0 unspecified atom stereocenters. The number of rotatable bonds is 2. The van der Waals surface area contributed by atoms with Gasteiger partial charge in [-0.25, -0.2) is 0 Å². The molecule has 2 aliphatic rings. The SMILES string of the molecule is COC(=O)[C@@H]1Cc2c([nH]c3ccccc23)[C@H]([C@@H]2COC(C)(C)O2)N1. The number of benzene rings is 1. The number of carbonyl (C=O) groups excluding carboxylic acids is 1. The zero-order valence-corrected chi connectivity index (χ0v) is 14.1. The lowest BCUT2D eigenvalue weighted by Gasteiger charge is -2.33. The first kappa shape index (κ1) is 15.6. The Balaban J connectivity index is 1.77. The number of carbonyl (C=O) groups is 1. The van der Waals surface area contributed by atoms with Gasteiger partial charge in [-0.3, -0.25) is 10.1 Å². The van der Waals surface area contributed by atoms with Crippen LogP contribution in [-0.2, 0) is 25.4 Å². The Kier molecular flexibility index (Phi) is 3.63. The number of aromatic nitrogens is 1. The fraction of sp³-hybridized carbons (Fsp3) is 0.500. The van der Waals surface area contributed by atoms with Crippen molar-refractivity contribution in [3.05, 3.63) is 35.5 Å². The van der Waals surface area contributed by atoms with Crippen molar-refractivity contribution in [2.75, 3.05) is 13.7 Å². The van der Waals surface area contributed by atoms with Gasteiger partial charge in [-0.2, -0.15) is 0 Å². The molecule has 4 rings (SSSR count). The molecular formula is C18H22N2O4. The van der Waals surface area contributed by atoms with Crippen molar-refractivity contribution in [3.63, 3.8) is 0 Å². The maximum Gasteiger partial charge on any atom is 0.323 e. The van der Waals surface area contributed by atoms with E-state index in [0.29, 0.717) is 13.0 Å². The molecule has 2 aliphatic heterocycles. The summed E-state index contributed by atoms with van der Waals surface area (Å²) in [5.41, 5.74) is 3.29. The second-order valence-corrected chi connectivity index (χ2v) is 6.85. The number of para-hydroxylation sites is 1. The van der Waals surface area contributed by atoms with E-state index in [-0.39, 0.29) is 24.2 Å². The molecule has 3 atom stereocenters. The summed E-state index contributed by atoms with van der Waals surface area (Å²) in [5.74, 6) is -0.870. The summed E-state index contributed by atoms with van der Waals surface area (Å²) in [6, 6.07) is 7.61. The van der Waals surface area contributed by atoms with Gasteiger partial charge in [-0.15, -0.1) is 0 Å². The van der Waals surface area contributed by atoms with E-state index < -0.39 is 5.79 Å². The minimum Gasteiger partial charge on any atom is -0.468 e. The molecule has 24 heavy (non-hydrogen) atoms. The van der Waals surface area contributed by atoms with Crippen molar-refractivity contribution >= 4 is 16.9 Å². The molecule has 6 nitrogen and oxygen atoms in total. The van der Waals surface area contributed by atoms with E-state index in [9.17, 15) is 4.79 Å². The van der Waals surface area contributed by atoms with Crippen LogP contribution in [0, 0.1) is 0 Å². The molecule has 6 heteroatoms. The Hall–Kier alpha value is -1.89. The molecule has 0 radical (unpaired) electrons. The third-order valence-electron chi connectivity index (χ3n) is 4.83. The molecule has 0 bridgehead atoms. The average Bonchev–Trinajstić information content (AvgIpc) is 3.13. The number of esters is 1. The summed E-state index contributed by atoms with van der Waals surface area (Å²) in [4.78, 5) is 15.7. The third-order valence-corrected chi connectivity index (χ3v) is 4.83. The molecule has 1 fully saturated rings. The summed E-state index contributed by atoms with van der Waals surface area (Å²) in [5, 5.41) is 4.53. The minimum absolute atomic E-state index is 0.146. The second kappa shape index (κ2) is 5.58. The molecule has 0 spiro atoms. The van der Waals surface area contributed by atoms with Crippen LogP contribution in [0.2, 0.25) is 0 Å². The Labute approximate surface area is 140 Å². The Bertz CT molecular complexity index is 782. The normalized spacial score (nSPS) is 28.7. The monoisotopic (exact) mass is 330 g/mol. The van der Waals surface area contributed by atoms with E-state index >= 15 is 0 Å². The van der Waals surface area contributed by atoms with Gasteiger partial charge in [0.2, 0.25) is 0 Å². The van der Waals surface area contributed by atoms with Crippen LogP contribution >= 0.6 is 0 Å². The molecule has 128 valence electrons. The van der Waals surface area contributed by atoms with Gasteiger partial charge in [0.05, 0.1) is 19.8 Å². The van der Waals surface area contributed by atoms with E-state index in [1.54, 1.807) is 0 Å². The third kappa shape index (κ3) is 2.51. The first-order chi connectivity index (χ1) is 11.5. The first-order valence-electron chi connectivity index (χ1n) is 8.23. The molecule has 0 amide bonds. The fourth-order valence-electron chi connectivity index (χ4n) is 3.74. The summed E-state index contributed by atoms with van der Waals surface area (Å²) in [6.07, 6.45) is 0.429. The maximum atomic E-state index is 12.2. The van der Waals surface area contributed by atoms with Crippen LogP contribution < -0.4 is 5.32 Å². The number of fused-ring (bicyclic) bond motifs is 3. The summed E-state index contributed by atoms with van der Waals surface area (Å²) in [7, 11) is 1.42. The Morgan fingerprint density at radius 3 is 2.83 bits per heavy atom. The highest BCUT2D eigenvalue weighted by atomic mass is 16.7. The van der Waals surface area contributed by atoms with Gasteiger partial charge in [0.25, 0.3) is 0 Å². The highest BCUT2D eigenvalue weighted by molar-refractivity contribution is 5.87. The molecule has 1 saturated heterocycles. The second-order valence-electron chi connectivity index (χ2n) is 6.85. The van der Waals surface area contributed by atoms with Crippen LogP contribution in [0.3, 0.4) is 0 Å². The van der Waals surface area contributed by atoms with Gasteiger partial charge in [0, 0.05) is 23.0 Å². The molecule has 1 aromatic carbocycles. The zero-order chi connectivity index (χ0) is 16.9. The van der Waals surface area contributed by atoms with Gasteiger partial charge in [0.15, 0.2) is 5.79 Å². The standard InChI is InChI=1S/C18H22N2O4/c1-18(2)23-9-14(24-18)16-15-11(8-13(20-16)17(21)22-3)10-6-4-5-7-12(10)19-15/h4-7,13-14,16,19-20H,8-9H2,1-3H3/t13-,14-,16-/m0/s1. The van der Waals surface area contributed by atoms with Crippen LogP contribution in [0.1, 0.15) is 31.1 Å². The van der Waals surface area contributed by atoms with Gasteiger partial charge >= 0.3 is 5.97 Å². The number of hydrogen-bond acceptors (Lipinski definition) is 5. The fourth-order valence-corrected chi connectivity index (χ4v) is 3.74. The number of ether oxygens (including phenoxy) is 3. The number of aromatic amines is 1. The predicted octanol–water partition coefficient (Wildman–Crippen LogP) is 2.05. The molecular weight excluding hydrogens is 308 g/mol. The summed E-state index contributed by atoms with van der Waals surface area (Å²) >= 11 is 0. The largest absolute Gasteiger partial charge is 0.468 e. The smallest absolute Gasteiger partial charge is 0.323 e. The summed E-state index contributed by atoms with van der Waals surface area (Å²) in [6.45, 7) is 4.28. The molecule has 3 heterocycles. The van der Waals surface area contributed by atoms with Crippen molar-refractivity contribution in [1.29, 1.82) is 0 Å². The number of H-pyrrole nitrogens is 1. The highest BCUT2D eigenvalue weighted by Gasteiger charge is 2.43. The van der Waals surface area contributed by atoms with Crippen molar-refractivity contribution in [2.45, 2.75) is 44.2 Å². The van der Waals surface area contributed by atoms with E-state index in [2.05, 4.69) is 16.4 Å². The average molecular weight is 330 g/mol. The Morgan fingerprint density at radius 2 is 2.12 bits per heavy atom. The zero-order valence-electron chi connectivity index (χ0n) is 14.1. The summed E-state index contributed by atoms with van der Waals surface area (Å²) < 4.78 is 16.7. The topological polar surface area (TPSA) is 72.6 Å². The molecule has 1 aromatic heterocycles. The van der Waals surface area contributed by atoms with Gasteiger partial charge in [-0.05, 0) is 25.5 Å². The van der Waals surface area contributed by atoms with Crippen molar-refractivity contribution < 1.29 is 19.0 Å². The van der Waals surface area contributed by atoms with Crippen molar-refractivity contribution in [3.8, 4) is 0 Å².